The zero-order chi connectivity index (χ0) is 9.61. The van der Waals surface area contributed by atoms with Crippen molar-refractivity contribution in [3.63, 3.8) is 0 Å². The van der Waals surface area contributed by atoms with Gasteiger partial charge < -0.3 is 9.47 Å². The lowest BCUT2D eigenvalue weighted by molar-refractivity contribution is -0.159. The first-order valence-electron chi connectivity index (χ1n) is 3.86. The molecule has 72 valence electrons. The third-order valence-electron chi connectivity index (χ3n) is 0.876. The van der Waals surface area contributed by atoms with E-state index in [0.717, 1.165) is 0 Å². The van der Waals surface area contributed by atoms with Gasteiger partial charge in [-0.15, -0.1) is 0 Å². The zero-order valence-corrected chi connectivity index (χ0v) is 8.69. The van der Waals surface area contributed by atoms with Gasteiger partial charge in [-0.25, -0.2) is 4.79 Å². The molecule has 12 heavy (non-hydrogen) atoms. The molecule has 0 rings (SSSR count). The van der Waals surface area contributed by atoms with E-state index in [1.165, 1.54) is 0 Å². The summed E-state index contributed by atoms with van der Waals surface area (Å²) in [5, 5.41) is 0. The number of esters is 1. The van der Waals surface area contributed by atoms with Gasteiger partial charge in [-0.05, 0) is 20.8 Å². The molecule has 3 nitrogen and oxygen atoms in total. The molecule has 0 amide bonds. The van der Waals surface area contributed by atoms with Crippen LogP contribution in [0.25, 0.3) is 0 Å². The summed E-state index contributed by atoms with van der Waals surface area (Å²) in [5.41, 5.74) is -0.429. The fourth-order valence-electron chi connectivity index (χ4n) is 0.591. The molecular weight excluding hydrogens is 176 g/mol. The van der Waals surface area contributed by atoms with Gasteiger partial charge in [0.05, 0.1) is 6.61 Å². The number of thiol groups is 1. The molecule has 0 aromatic heterocycles. The van der Waals surface area contributed by atoms with Crippen molar-refractivity contribution >= 4 is 18.6 Å². The molecule has 0 aromatic rings. The number of rotatable bonds is 4. The van der Waals surface area contributed by atoms with Crippen LogP contribution in [0.4, 0.5) is 0 Å². The first kappa shape index (κ1) is 11.8. The van der Waals surface area contributed by atoms with E-state index in [9.17, 15) is 4.79 Å². The van der Waals surface area contributed by atoms with Crippen LogP contribution in [0.1, 0.15) is 20.8 Å². The Hall–Kier alpha value is -0.220. The second-order valence-corrected chi connectivity index (χ2v) is 3.81. The van der Waals surface area contributed by atoms with E-state index < -0.39 is 5.60 Å². The highest BCUT2D eigenvalue weighted by molar-refractivity contribution is 7.80. The van der Waals surface area contributed by atoms with Crippen LogP contribution in [0.15, 0.2) is 0 Å². The highest BCUT2D eigenvalue weighted by atomic mass is 32.1. The van der Waals surface area contributed by atoms with Crippen molar-refractivity contribution in [3.05, 3.63) is 0 Å². The highest BCUT2D eigenvalue weighted by Gasteiger charge is 2.15. The highest BCUT2D eigenvalue weighted by Crippen LogP contribution is 2.06. The minimum absolute atomic E-state index is 0.0117. The molecule has 0 heterocycles. The number of ether oxygens (including phenoxy) is 2. The van der Waals surface area contributed by atoms with Crippen molar-refractivity contribution in [1.29, 1.82) is 0 Å². The average Bonchev–Trinajstić information content (AvgIpc) is 1.84. The Kier molecular flexibility index (Phi) is 5.33. The molecule has 0 aliphatic carbocycles. The Morgan fingerprint density at radius 3 is 2.42 bits per heavy atom. The number of carbonyl (C=O) groups is 1. The minimum Gasteiger partial charge on any atom is -0.458 e. The third kappa shape index (κ3) is 7.88. The Labute approximate surface area is 78.8 Å². The Balaban J connectivity index is 3.47. The summed E-state index contributed by atoms with van der Waals surface area (Å²) < 4.78 is 9.93. The van der Waals surface area contributed by atoms with Crippen molar-refractivity contribution in [2.24, 2.45) is 0 Å². The summed E-state index contributed by atoms with van der Waals surface area (Å²) in [5.74, 6) is 0.285. The fraction of sp³-hybridized carbons (Fsp3) is 0.875. The van der Waals surface area contributed by atoms with Crippen molar-refractivity contribution in [2.45, 2.75) is 26.4 Å². The van der Waals surface area contributed by atoms with E-state index in [-0.39, 0.29) is 12.6 Å². The van der Waals surface area contributed by atoms with Gasteiger partial charge in [-0.1, -0.05) is 0 Å². The van der Waals surface area contributed by atoms with Crippen LogP contribution in [0.2, 0.25) is 0 Å². The maximum absolute atomic E-state index is 11.0. The van der Waals surface area contributed by atoms with Crippen molar-refractivity contribution in [1.82, 2.24) is 0 Å². The van der Waals surface area contributed by atoms with Gasteiger partial charge in [-0.2, -0.15) is 12.6 Å². The molecule has 0 aliphatic heterocycles. The Morgan fingerprint density at radius 1 is 1.42 bits per heavy atom. The predicted octanol–water partition coefficient (Wildman–Crippen LogP) is 1.27. The molecule has 0 radical (unpaired) electrons. The number of hydrogen-bond acceptors (Lipinski definition) is 4. The van der Waals surface area contributed by atoms with Crippen LogP contribution in [0.3, 0.4) is 0 Å². The normalized spacial score (nSPS) is 11.3. The lowest BCUT2D eigenvalue weighted by Gasteiger charge is -2.19. The van der Waals surface area contributed by atoms with E-state index in [4.69, 9.17) is 9.47 Å². The van der Waals surface area contributed by atoms with Gasteiger partial charge >= 0.3 is 5.97 Å². The van der Waals surface area contributed by atoms with Gasteiger partial charge in [0.25, 0.3) is 0 Å². The second kappa shape index (κ2) is 5.43. The van der Waals surface area contributed by atoms with Crippen LogP contribution in [0.5, 0.6) is 0 Å². The second-order valence-electron chi connectivity index (χ2n) is 3.36. The summed E-state index contributed by atoms with van der Waals surface area (Å²) in [6, 6.07) is 0. The SMILES string of the molecule is CC(C)(C)OC(=O)COCCS. The molecule has 0 saturated carbocycles. The third-order valence-corrected chi connectivity index (χ3v) is 1.06. The molecule has 0 aromatic carbocycles. The zero-order valence-electron chi connectivity index (χ0n) is 7.79. The summed E-state index contributed by atoms with van der Waals surface area (Å²) in [4.78, 5) is 11.0. The summed E-state index contributed by atoms with van der Waals surface area (Å²) in [7, 11) is 0. The Bertz CT molecular complexity index is 140. The molecule has 0 spiro atoms. The maximum Gasteiger partial charge on any atom is 0.332 e. The topological polar surface area (TPSA) is 35.5 Å². The van der Waals surface area contributed by atoms with Crippen LogP contribution in [-0.2, 0) is 14.3 Å². The largest absolute Gasteiger partial charge is 0.458 e. The molecule has 0 N–H and O–H groups in total. The van der Waals surface area contributed by atoms with Crippen LogP contribution in [-0.4, -0.2) is 30.5 Å². The van der Waals surface area contributed by atoms with E-state index in [0.29, 0.717) is 12.4 Å². The monoisotopic (exact) mass is 192 g/mol. The van der Waals surface area contributed by atoms with Crippen LogP contribution < -0.4 is 0 Å². The molecule has 0 saturated heterocycles. The van der Waals surface area contributed by atoms with Gasteiger partial charge in [0, 0.05) is 5.75 Å². The lowest BCUT2D eigenvalue weighted by Crippen LogP contribution is -2.26. The van der Waals surface area contributed by atoms with E-state index in [2.05, 4.69) is 12.6 Å². The van der Waals surface area contributed by atoms with Gasteiger partial charge in [-0.3, -0.25) is 0 Å². The van der Waals surface area contributed by atoms with Crippen LogP contribution >= 0.6 is 12.6 Å². The van der Waals surface area contributed by atoms with E-state index in [1.807, 2.05) is 20.8 Å². The number of hydrogen-bond donors (Lipinski definition) is 1. The van der Waals surface area contributed by atoms with Crippen LogP contribution in [0, 0.1) is 0 Å². The quantitative estimate of drug-likeness (QED) is 0.414. The standard InChI is InChI=1S/C8H16O3S/c1-8(2,3)11-7(9)6-10-4-5-12/h12H,4-6H2,1-3H3. The van der Waals surface area contributed by atoms with Gasteiger partial charge in [0.15, 0.2) is 0 Å². The van der Waals surface area contributed by atoms with E-state index >= 15 is 0 Å². The van der Waals surface area contributed by atoms with Crippen molar-refractivity contribution in [3.8, 4) is 0 Å². The summed E-state index contributed by atoms with van der Waals surface area (Å²) in [6.07, 6.45) is 0. The van der Waals surface area contributed by atoms with Gasteiger partial charge in [0.2, 0.25) is 0 Å². The molecule has 0 bridgehead atoms. The van der Waals surface area contributed by atoms with Crippen molar-refractivity contribution in [2.75, 3.05) is 19.0 Å². The fourth-order valence-corrected chi connectivity index (χ4v) is 0.720. The molecular formula is C8H16O3S. The smallest absolute Gasteiger partial charge is 0.332 e. The molecule has 0 aliphatic rings. The molecule has 0 fully saturated rings. The molecule has 4 heteroatoms. The predicted molar refractivity (Wildman–Crippen MR) is 50.5 cm³/mol. The minimum atomic E-state index is -0.429. The maximum atomic E-state index is 11.0. The Morgan fingerprint density at radius 2 is 2.00 bits per heavy atom. The average molecular weight is 192 g/mol. The van der Waals surface area contributed by atoms with E-state index in [1.54, 1.807) is 0 Å². The number of carbonyl (C=O) groups excluding carboxylic acids is 1. The molecule has 0 atom stereocenters. The summed E-state index contributed by atoms with van der Waals surface area (Å²) in [6.45, 7) is 5.96. The van der Waals surface area contributed by atoms with Gasteiger partial charge in [0.1, 0.15) is 12.2 Å². The molecule has 0 unspecified atom stereocenters. The first-order chi connectivity index (χ1) is 5.45. The van der Waals surface area contributed by atoms with Crippen molar-refractivity contribution < 1.29 is 14.3 Å². The lowest BCUT2D eigenvalue weighted by atomic mass is 10.2. The first-order valence-corrected chi connectivity index (χ1v) is 4.49. The summed E-state index contributed by atoms with van der Waals surface area (Å²) >= 11 is 3.93.